The second-order valence-corrected chi connectivity index (χ2v) is 16.2. The van der Waals surface area contributed by atoms with Crippen molar-refractivity contribution >= 4 is 52.2 Å². The fourth-order valence-electron chi connectivity index (χ4n) is 6.15. The van der Waals surface area contributed by atoms with Gasteiger partial charge in [0.1, 0.15) is 35.9 Å². The molecule has 1 aliphatic rings. The molecule has 0 saturated carbocycles. The molecule has 1 heterocycles. The van der Waals surface area contributed by atoms with E-state index in [1.165, 1.54) is 0 Å². The second kappa shape index (κ2) is 19.9. The molecule has 0 aliphatic carbocycles. The van der Waals surface area contributed by atoms with Gasteiger partial charge in [0.2, 0.25) is 24.5 Å². The number of carbonyl (C=O) groups excluding carboxylic acids is 6. The van der Waals surface area contributed by atoms with Crippen LogP contribution in [0.4, 0.5) is 10.5 Å². The Morgan fingerprint density at radius 2 is 1.25 bits per heavy atom. The molecule has 0 radical (unpaired) electrons. The fraction of sp³-hybridized carbons (Fsp3) is 0.378. The van der Waals surface area contributed by atoms with E-state index in [0.717, 1.165) is 16.3 Å². The Morgan fingerprint density at radius 3 is 1.97 bits per heavy atom. The molecule has 0 unspecified atom stereocenters. The van der Waals surface area contributed by atoms with E-state index in [4.69, 9.17) is 23.7 Å². The third kappa shape index (κ3) is 14.0. The van der Waals surface area contributed by atoms with E-state index in [2.05, 4.69) is 21.3 Å². The summed E-state index contributed by atoms with van der Waals surface area (Å²) in [6.07, 6.45) is -2.02. The zero-order valence-electron chi connectivity index (χ0n) is 34.6. The summed E-state index contributed by atoms with van der Waals surface area (Å²) in [6, 6.07) is 22.7. The van der Waals surface area contributed by atoms with Crippen LogP contribution < -0.4 is 30.7 Å². The van der Waals surface area contributed by atoms with Gasteiger partial charge in [-0.25, -0.2) is 4.79 Å². The number of carbonyl (C=O) groups is 6. The Labute approximate surface area is 348 Å². The summed E-state index contributed by atoms with van der Waals surface area (Å²) in [5.41, 5.74) is -0.0146. The molecule has 5 rings (SSSR count). The van der Waals surface area contributed by atoms with E-state index in [1.54, 1.807) is 84.0 Å². The van der Waals surface area contributed by atoms with Gasteiger partial charge in [0.15, 0.2) is 11.5 Å². The number of alkyl carbamates (subject to hydrolysis) is 1. The quantitative estimate of drug-likeness (QED) is 0.0780. The summed E-state index contributed by atoms with van der Waals surface area (Å²) in [5, 5.41) is 12.4. The van der Waals surface area contributed by atoms with Crippen LogP contribution in [-0.4, -0.2) is 71.9 Å². The molecule has 0 aromatic heterocycles. The maximum atomic E-state index is 14.2. The molecule has 318 valence electrons. The molecule has 3 atom stereocenters. The number of hydrogen-bond donors (Lipinski definition) is 4. The monoisotopic (exact) mass is 824 g/mol. The minimum atomic E-state index is -1.60. The predicted molar refractivity (Wildman–Crippen MR) is 222 cm³/mol. The Balaban J connectivity index is 1.39. The fourth-order valence-corrected chi connectivity index (χ4v) is 6.15. The van der Waals surface area contributed by atoms with Gasteiger partial charge in [0.25, 0.3) is 0 Å². The van der Waals surface area contributed by atoms with Gasteiger partial charge in [-0.2, -0.15) is 0 Å². The molecule has 0 saturated heterocycles. The molecule has 1 aliphatic heterocycles. The maximum Gasteiger partial charge on any atom is 0.408 e. The van der Waals surface area contributed by atoms with Crippen molar-refractivity contribution in [2.24, 2.45) is 0 Å². The van der Waals surface area contributed by atoms with Crippen molar-refractivity contribution in [1.82, 2.24) is 16.0 Å². The Bertz CT molecular complexity index is 2180. The summed E-state index contributed by atoms with van der Waals surface area (Å²) in [7, 11) is 0. The van der Waals surface area contributed by atoms with Crippen molar-refractivity contribution in [1.29, 1.82) is 0 Å². The standard InChI is InChI=1S/C45H52N4O11/c1-44(2,3)59-38(50)21-19-33(40(52)46-32-18-20-36-37(24-32)58-27-57-36)47-42(54)35(25-39(51)60-45(4,5)6)48-41(53)34(49-43(55)56-26-28-12-8-7-9-13-28)23-29-16-17-30-14-10-11-15-31(30)22-29/h7-18,20,22,24,33-35H,19,21,23,25-27H2,1-6H3,(H,46,52)(H,47,54)(H,48,53)(H,49,55)/t33-,34-,35-/m0/s1. The molecule has 60 heavy (non-hydrogen) atoms. The number of esters is 2. The van der Waals surface area contributed by atoms with Gasteiger partial charge in [-0.3, -0.25) is 24.0 Å². The predicted octanol–water partition coefficient (Wildman–Crippen LogP) is 5.87. The summed E-state index contributed by atoms with van der Waals surface area (Å²) < 4.78 is 27.2. The number of rotatable bonds is 16. The Hall–Kier alpha value is -6.64. The SMILES string of the molecule is CC(C)(C)OC(=O)CC[C@H](NC(=O)[C@H](CC(=O)OC(C)(C)C)NC(=O)[C@H](Cc1ccc2ccccc2c1)NC(=O)OCc1ccccc1)C(=O)Nc1ccc2c(c1)OCO2. The first-order valence-corrected chi connectivity index (χ1v) is 19.6. The molecule has 15 nitrogen and oxygen atoms in total. The van der Waals surface area contributed by atoms with Crippen molar-refractivity contribution in [2.45, 2.75) is 103 Å². The number of amides is 4. The van der Waals surface area contributed by atoms with E-state index < -0.39 is 71.5 Å². The van der Waals surface area contributed by atoms with Crippen LogP contribution in [0.1, 0.15) is 71.9 Å². The lowest BCUT2D eigenvalue weighted by Gasteiger charge is -2.26. The first kappa shape index (κ1) is 44.5. The number of nitrogens with one attached hydrogen (secondary N) is 4. The van der Waals surface area contributed by atoms with Crippen LogP contribution in [0.15, 0.2) is 91.0 Å². The first-order chi connectivity index (χ1) is 28.4. The molecule has 4 N–H and O–H groups in total. The number of benzene rings is 4. The van der Waals surface area contributed by atoms with Crippen molar-refractivity contribution in [3.05, 3.63) is 102 Å². The van der Waals surface area contributed by atoms with Gasteiger partial charge in [0.05, 0.1) is 6.42 Å². The van der Waals surface area contributed by atoms with Gasteiger partial charge >= 0.3 is 18.0 Å². The largest absolute Gasteiger partial charge is 0.460 e. The number of ether oxygens (including phenoxy) is 5. The number of fused-ring (bicyclic) bond motifs is 2. The van der Waals surface area contributed by atoms with Crippen LogP contribution in [0, 0.1) is 0 Å². The van der Waals surface area contributed by atoms with E-state index in [0.29, 0.717) is 22.7 Å². The van der Waals surface area contributed by atoms with Gasteiger partial charge in [0, 0.05) is 24.6 Å². The normalized spacial score (nSPS) is 13.6. The van der Waals surface area contributed by atoms with E-state index >= 15 is 0 Å². The molecule has 0 spiro atoms. The molecule has 4 aromatic carbocycles. The van der Waals surface area contributed by atoms with E-state index in [9.17, 15) is 28.8 Å². The number of anilines is 1. The highest BCUT2D eigenvalue weighted by Gasteiger charge is 2.34. The lowest BCUT2D eigenvalue weighted by atomic mass is 10.0. The number of hydrogen-bond acceptors (Lipinski definition) is 11. The Kier molecular flexibility index (Phi) is 14.7. The molecular weight excluding hydrogens is 773 g/mol. The van der Waals surface area contributed by atoms with Crippen molar-refractivity contribution in [3.63, 3.8) is 0 Å². The minimum absolute atomic E-state index is 0.0135. The first-order valence-electron chi connectivity index (χ1n) is 19.6. The average Bonchev–Trinajstić information content (AvgIpc) is 3.65. The lowest BCUT2D eigenvalue weighted by Crippen LogP contribution is -2.57. The van der Waals surface area contributed by atoms with Crippen LogP contribution >= 0.6 is 0 Å². The topological polar surface area (TPSA) is 197 Å². The van der Waals surface area contributed by atoms with Crippen LogP contribution in [0.5, 0.6) is 11.5 Å². The summed E-state index contributed by atoms with van der Waals surface area (Å²) >= 11 is 0. The van der Waals surface area contributed by atoms with Crippen LogP contribution in [-0.2, 0) is 51.2 Å². The van der Waals surface area contributed by atoms with Crippen LogP contribution in [0.25, 0.3) is 10.8 Å². The maximum absolute atomic E-state index is 14.2. The molecule has 0 fully saturated rings. The highest BCUT2D eigenvalue weighted by atomic mass is 16.7. The van der Waals surface area contributed by atoms with Crippen molar-refractivity contribution < 1.29 is 52.5 Å². The molecule has 4 aromatic rings. The molecule has 0 bridgehead atoms. The highest BCUT2D eigenvalue weighted by molar-refractivity contribution is 6.00. The van der Waals surface area contributed by atoms with Gasteiger partial charge in [-0.15, -0.1) is 0 Å². The van der Waals surface area contributed by atoms with Gasteiger partial charge in [-0.05, 0) is 82.0 Å². The van der Waals surface area contributed by atoms with Crippen molar-refractivity contribution in [2.75, 3.05) is 12.1 Å². The Morgan fingerprint density at radius 1 is 0.617 bits per heavy atom. The molecule has 4 amide bonds. The van der Waals surface area contributed by atoms with Crippen LogP contribution in [0.3, 0.4) is 0 Å². The average molecular weight is 825 g/mol. The third-order valence-corrected chi connectivity index (χ3v) is 8.83. The highest BCUT2D eigenvalue weighted by Crippen LogP contribution is 2.34. The minimum Gasteiger partial charge on any atom is -0.460 e. The van der Waals surface area contributed by atoms with E-state index in [-0.39, 0.29) is 32.7 Å². The second-order valence-electron chi connectivity index (χ2n) is 16.2. The molecular formula is C45H52N4O11. The summed E-state index contributed by atoms with van der Waals surface area (Å²) in [5.74, 6) is -3.00. The van der Waals surface area contributed by atoms with Crippen LogP contribution in [0.2, 0.25) is 0 Å². The van der Waals surface area contributed by atoms with Crippen molar-refractivity contribution in [3.8, 4) is 11.5 Å². The van der Waals surface area contributed by atoms with E-state index in [1.807, 2.05) is 48.5 Å². The van der Waals surface area contributed by atoms with Gasteiger partial charge < -0.3 is 45.0 Å². The summed E-state index contributed by atoms with van der Waals surface area (Å²) in [6.45, 7) is 9.99. The zero-order chi connectivity index (χ0) is 43.5. The third-order valence-electron chi connectivity index (χ3n) is 8.83. The summed E-state index contributed by atoms with van der Waals surface area (Å²) in [4.78, 5) is 81.4. The zero-order valence-corrected chi connectivity index (χ0v) is 34.6. The lowest BCUT2D eigenvalue weighted by molar-refractivity contribution is -0.156. The smallest absolute Gasteiger partial charge is 0.408 e. The molecule has 15 heteroatoms. The van der Waals surface area contributed by atoms with Gasteiger partial charge in [-0.1, -0.05) is 72.8 Å².